The first-order chi connectivity index (χ1) is 12.6. The molecular formula is C20H19FN2O3. The Kier molecular flexibility index (Phi) is 4.44. The number of amides is 1. The zero-order valence-electron chi connectivity index (χ0n) is 14.1. The number of primary amides is 1. The summed E-state index contributed by atoms with van der Waals surface area (Å²) in [4.78, 5) is 11.5. The summed E-state index contributed by atoms with van der Waals surface area (Å²) < 4.78 is 24.8. The van der Waals surface area contributed by atoms with E-state index in [1.54, 1.807) is 6.07 Å². The van der Waals surface area contributed by atoms with Gasteiger partial charge in [-0.05, 0) is 30.2 Å². The quantitative estimate of drug-likeness (QED) is 0.737. The van der Waals surface area contributed by atoms with Crippen LogP contribution in [-0.4, -0.2) is 25.2 Å². The summed E-state index contributed by atoms with van der Waals surface area (Å²) in [5.74, 6) is -0.666. The molecule has 1 aliphatic heterocycles. The van der Waals surface area contributed by atoms with E-state index in [4.69, 9.17) is 14.9 Å². The second kappa shape index (κ2) is 6.90. The summed E-state index contributed by atoms with van der Waals surface area (Å²) >= 11 is 0. The van der Waals surface area contributed by atoms with Gasteiger partial charge in [0.05, 0.1) is 12.2 Å². The predicted octanol–water partition coefficient (Wildman–Crippen LogP) is 3.22. The average molecular weight is 354 g/mol. The zero-order chi connectivity index (χ0) is 18.1. The fraction of sp³-hybridized carbons (Fsp3) is 0.250. The number of carbonyl (C=O) groups excluding carboxylic acids is 1. The fourth-order valence-corrected chi connectivity index (χ4v) is 3.19. The van der Waals surface area contributed by atoms with Gasteiger partial charge < -0.3 is 20.2 Å². The lowest BCUT2D eigenvalue weighted by Gasteiger charge is -2.10. The van der Waals surface area contributed by atoms with Gasteiger partial charge in [-0.1, -0.05) is 24.3 Å². The van der Waals surface area contributed by atoms with Gasteiger partial charge in [-0.2, -0.15) is 0 Å². The number of nitrogens with two attached hydrogens (primary N) is 1. The van der Waals surface area contributed by atoms with Crippen molar-refractivity contribution in [1.82, 2.24) is 5.32 Å². The van der Waals surface area contributed by atoms with Gasteiger partial charge in [-0.3, -0.25) is 4.79 Å². The molecule has 2 heterocycles. The van der Waals surface area contributed by atoms with Crippen LogP contribution in [0, 0.1) is 5.82 Å². The Morgan fingerprint density at radius 1 is 1.23 bits per heavy atom. The minimum absolute atomic E-state index is 0.0471. The summed E-state index contributed by atoms with van der Waals surface area (Å²) in [6.45, 7) is 2.35. The molecule has 1 aliphatic rings. The largest absolute Gasteiger partial charge is 0.455 e. The van der Waals surface area contributed by atoms with E-state index in [0.717, 1.165) is 43.4 Å². The van der Waals surface area contributed by atoms with Crippen molar-refractivity contribution in [2.75, 3.05) is 13.2 Å². The van der Waals surface area contributed by atoms with Crippen LogP contribution in [0.1, 0.15) is 22.3 Å². The highest BCUT2D eigenvalue weighted by Gasteiger charge is 2.16. The standard InChI is InChI=1S/C20H19FN2O3/c21-15-7-14-8-18(26-19(14)17(9-15)20(22)24)13-3-1-12(2-4-13)10-23-16-5-6-25-11-16/h1-4,7-9,16,23H,5-6,10-11H2,(H2,22,24). The van der Waals surface area contributed by atoms with Crippen LogP contribution in [0.5, 0.6) is 0 Å². The van der Waals surface area contributed by atoms with Crippen LogP contribution >= 0.6 is 0 Å². The number of furan rings is 1. The van der Waals surface area contributed by atoms with Crippen molar-refractivity contribution in [3.8, 4) is 11.3 Å². The molecule has 0 aliphatic carbocycles. The molecule has 0 saturated carbocycles. The van der Waals surface area contributed by atoms with Crippen LogP contribution in [0.25, 0.3) is 22.3 Å². The van der Waals surface area contributed by atoms with Crippen molar-refractivity contribution in [1.29, 1.82) is 0 Å². The molecule has 3 N–H and O–H groups in total. The summed E-state index contributed by atoms with van der Waals surface area (Å²) in [5, 5.41) is 3.98. The minimum Gasteiger partial charge on any atom is -0.455 e. The van der Waals surface area contributed by atoms with Gasteiger partial charge in [0.15, 0.2) is 0 Å². The zero-order valence-corrected chi connectivity index (χ0v) is 14.1. The second-order valence-electron chi connectivity index (χ2n) is 6.48. The van der Waals surface area contributed by atoms with Crippen molar-refractivity contribution >= 4 is 16.9 Å². The van der Waals surface area contributed by atoms with Gasteiger partial charge in [-0.15, -0.1) is 0 Å². The van der Waals surface area contributed by atoms with Crippen molar-refractivity contribution in [3.05, 3.63) is 59.4 Å². The minimum atomic E-state index is -0.715. The molecule has 0 bridgehead atoms. The van der Waals surface area contributed by atoms with E-state index in [1.807, 2.05) is 24.3 Å². The number of nitrogens with one attached hydrogen (secondary N) is 1. The van der Waals surface area contributed by atoms with Crippen LogP contribution < -0.4 is 11.1 Å². The lowest BCUT2D eigenvalue weighted by Crippen LogP contribution is -2.28. The first kappa shape index (κ1) is 16.8. The molecule has 2 aromatic carbocycles. The van der Waals surface area contributed by atoms with Gasteiger partial charge in [0.2, 0.25) is 0 Å². The SMILES string of the molecule is NC(=O)c1cc(F)cc2cc(-c3ccc(CNC4CCOC4)cc3)oc12. The maximum absolute atomic E-state index is 13.7. The Labute approximate surface area is 149 Å². The predicted molar refractivity (Wildman–Crippen MR) is 96.2 cm³/mol. The number of carbonyl (C=O) groups is 1. The highest BCUT2D eigenvalue weighted by Crippen LogP contribution is 2.30. The molecule has 0 spiro atoms. The van der Waals surface area contributed by atoms with Gasteiger partial charge in [0, 0.05) is 30.1 Å². The maximum Gasteiger partial charge on any atom is 0.252 e. The van der Waals surface area contributed by atoms with Crippen LogP contribution in [0.3, 0.4) is 0 Å². The third-order valence-electron chi connectivity index (χ3n) is 4.61. The molecular weight excluding hydrogens is 335 g/mol. The maximum atomic E-state index is 13.7. The Bertz CT molecular complexity index is 944. The summed E-state index contributed by atoms with van der Waals surface area (Å²) in [5.41, 5.74) is 7.68. The number of hydrogen-bond donors (Lipinski definition) is 2. The molecule has 3 aromatic rings. The van der Waals surface area contributed by atoms with Crippen molar-refractivity contribution in [2.45, 2.75) is 19.0 Å². The monoisotopic (exact) mass is 354 g/mol. The normalized spacial score (nSPS) is 17.0. The summed E-state index contributed by atoms with van der Waals surface area (Å²) in [6, 6.07) is 12.5. The highest BCUT2D eigenvalue weighted by molar-refractivity contribution is 6.04. The Morgan fingerprint density at radius 3 is 2.73 bits per heavy atom. The van der Waals surface area contributed by atoms with Crippen LogP contribution in [-0.2, 0) is 11.3 Å². The number of fused-ring (bicyclic) bond motifs is 1. The number of rotatable bonds is 5. The van der Waals surface area contributed by atoms with Gasteiger partial charge in [-0.25, -0.2) is 4.39 Å². The Morgan fingerprint density at radius 2 is 2.04 bits per heavy atom. The number of hydrogen-bond acceptors (Lipinski definition) is 4. The van der Waals surface area contributed by atoms with Crippen LogP contribution in [0.15, 0.2) is 46.9 Å². The molecule has 26 heavy (non-hydrogen) atoms. The number of halogens is 1. The van der Waals surface area contributed by atoms with E-state index in [0.29, 0.717) is 22.8 Å². The van der Waals surface area contributed by atoms with E-state index in [9.17, 15) is 9.18 Å². The molecule has 1 amide bonds. The van der Waals surface area contributed by atoms with E-state index >= 15 is 0 Å². The highest BCUT2D eigenvalue weighted by atomic mass is 19.1. The molecule has 6 heteroatoms. The van der Waals surface area contributed by atoms with Gasteiger partial charge in [0.1, 0.15) is 17.2 Å². The molecule has 4 rings (SSSR count). The fourth-order valence-electron chi connectivity index (χ4n) is 3.19. The van der Waals surface area contributed by atoms with E-state index in [1.165, 1.54) is 6.07 Å². The number of ether oxygens (including phenoxy) is 1. The average Bonchev–Trinajstić information content (AvgIpc) is 3.29. The molecule has 0 radical (unpaired) electrons. The van der Waals surface area contributed by atoms with Crippen LogP contribution in [0.2, 0.25) is 0 Å². The Balaban J connectivity index is 1.57. The molecule has 1 fully saturated rings. The second-order valence-corrected chi connectivity index (χ2v) is 6.48. The van der Waals surface area contributed by atoms with E-state index in [2.05, 4.69) is 5.32 Å². The van der Waals surface area contributed by atoms with Crippen LogP contribution in [0.4, 0.5) is 4.39 Å². The summed E-state index contributed by atoms with van der Waals surface area (Å²) in [7, 11) is 0. The van der Waals surface area contributed by atoms with E-state index < -0.39 is 11.7 Å². The molecule has 5 nitrogen and oxygen atoms in total. The molecule has 134 valence electrons. The van der Waals surface area contributed by atoms with Gasteiger partial charge in [0.25, 0.3) is 5.91 Å². The lowest BCUT2D eigenvalue weighted by molar-refractivity contribution is 0.100. The van der Waals surface area contributed by atoms with Crippen molar-refractivity contribution < 1.29 is 18.3 Å². The van der Waals surface area contributed by atoms with Crippen molar-refractivity contribution in [2.24, 2.45) is 5.73 Å². The number of benzene rings is 2. The van der Waals surface area contributed by atoms with Gasteiger partial charge >= 0.3 is 0 Å². The topological polar surface area (TPSA) is 77.5 Å². The summed E-state index contributed by atoms with van der Waals surface area (Å²) in [6.07, 6.45) is 1.04. The third-order valence-corrected chi connectivity index (χ3v) is 4.61. The van der Waals surface area contributed by atoms with Crippen molar-refractivity contribution in [3.63, 3.8) is 0 Å². The molecule has 1 aromatic heterocycles. The molecule has 1 unspecified atom stereocenters. The van der Waals surface area contributed by atoms with E-state index in [-0.39, 0.29) is 5.56 Å². The molecule has 1 saturated heterocycles. The Hall–Kier alpha value is -2.70. The smallest absolute Gasteiger partial charge is 0.252 e. The lowest BCUT2D eigenvalue weighted by atomic mass is 10.1. The first-order valence-corrected chi connectivity index (χ1v) is 8.53. The first-order valence-electron chi connectivity index (χ1n) is 8.53. The third kappa shape index (κ3) is 3.34. The molecule has 1 atom stereocenters.